The van der Waals surface area contributed by atoms with E-state index in [1.807, 2.05) is 63.2 Å². The number of carboxylic acids is 1. The van der Waals surface area contributed by atoms with Crippen molar-refractivity contribution in [1.29, 1.82) is 0 Å². The van der Waals surface area contributed by atoms with Crippen LogP contribution < -0.4 is 20.3 Å². The third-order valence-electron chi connectivity index (χ3n) is 6.58. The third kappa shape index (κ3) is 8.20. The lowest BCUT2D eigenvalue weighted by Gasteiger charge is -2.34. The number of ether oxygens (including phenoxy) is 1. The number of nitrogens with one attached hydrogen (secondary N) is 1. The Labute approximate surface area is 219 Å². The Bertz CT molecular complexity index is 1210. The highest BCUT2D eigenvalue weighted by Crippen LogP contribution is 2.23. The number of carbonyl (C=O) groups is 2. The fraction of sp³-hybridized carbons (Fsp3) is 0.433. The van der Waals surface area contributed by atoms with Crippen LogP contribution in [0.15, 0.2) is 64.8 Å². The van der Waals surface area contributed by atoms with E-state index in [1.165, 1.54) is 0 Å². The minimum absolute atomic E-state index is 0.0355. The topological polar surface area (TPSA) is 91.2 Å². The molecule has 37 heavy (non-hydrogen) atoms. The molecule has 0 aliphatic carbocycles. The Kier molecular flexibility index (Phi) is 9.89. The number of amides is 1. The Balaban J connectivity index is 1.63. The molecule has 3 rings (SSSR count). The molecule has 7 heteroatoms. The van der Waals surface area contributed by atoms with Crippen molar-refractivity contribution in [2.45, 2.75) is 59.9 Å². The van der Waals surface area contributed by atoms with Gasteiger partial charge in [0.2, 0.25) is 5.91 Å². The lowest BCUT2D eigenvalue weighted by molar-refractivity contribution is -0.136. The van der Waals surface area contributed by atoms with Crippen LogP contribution in [0.3, 0.4) is 0 Å². The van der Waals surface area contributed by atoms with Crippen molar-refractivity contribution < 1.29 is 19.4 Å². The van der Waals surface area contributed by atoms with Crippen LogP contribution in [0.25, 0.3) is 0 Å². The number of carbonyl (C=O) groups excluding carboxylic acids is 1. The van der Waals surface area contributed by atoms with Crippen molar-refractivity contribution in [3.63, 3.8) is 0 Å². The van der Waals surface area contributed by atoms with Gasteiger partial charge in [-0.05, 0) is 74.9 Å². The first-order valence-corrected chi connectivity index (χ1v) is 13.0. The van der Waals surface area contributed by atoms with Gasteiger partial charge in [-0.1, -0.05) is 38.1 Å². The number of hydrogen-bond donors (Lipinski definition) is 2. The fourth-order valence-electron chi connectivity index (χ4n) is 4.23. The summed E-state index contributed by atoms with van der Waals surface area (Å²) in [5, 5.41) is 12.9. The third-order valence-corrected chi connectivity index (χ3v) is 6.58. The Morgan fingerprint density at radius 1 is 1.11 bits per heavy atom. The predicted octanol–water partition coefficient (Wildman–Crippen LogP) is 4.64. The zero-order valence-electron chi connectivity index (χ0n) is 22.6. The minimum Gasteiger partial charge on any atom is -0.491 e. The molecule has 1 aliphatic rings. The van der Waals surface area contributed by atoms with E-state index in [9.17, 15) is 9.59 Å². The van der Waals surface area contributed by atoms with E-state index in [0.29, 0.717) is 34.9 Å². The van der Waals surface area contributed by atoms with Gasteiger partial charge in [0, 0.05) is 36.1 Å². The molecule has 2 N–H and O–H groups in total. The summed E-state index contributed by atoms with van der Waals surface area (Å²) in [4.78, 5) is 31.0. The molecule has 0 radical (unpaired) electrons. The molecule has 0 spiro atoms. The average molecular weight is 506 g/mol. The molecule has 0 bridgehead atoms. The number of rotatable bonds is 9. The second-order valence-corrected chi connectivity index (χ2v) is 10.1. The first-order valence-electron chi connectivity index (χ1n) is 13.0. The zero-order chi connectivity index (χ0) is 26.9. The first-order chi connectivity index (χ1) is 17.6. The Morgan fingerprint density at radius 3 is 2.46 bits per heavy atom. The molecule has 0 atom stereocenters. The summed E-state index contributed by atoms with van der Waals surface area (Å²) in [5.41, 5.74) is 4.17. The van der Waals surface area contributed by atoms with Crippen LogP contribution in [0.2, 0.25) is 0 Å². The van der Waals surface area contributed by atoms with E-state index in [0.717, 1.165) is 42.7 Å². The van der Waals surface area contributed by atoms with Gasteiger partial charge >= 0.3 is 5.97 Å². The van der Waals surface area contributed by atoms with Gasteiger partial charge in [-0.15, -0.1) is 0 Å². The number of hydrogen-bond acceptors (Lipinski definition) is 5. The van der Waals surface area contributed by atoms with Crippen LogP contribution in [-0.4, -0.2) is 42.7 Å². The number of carboxylic acid groups (broad SMARTS) is 1. The summed E-state index contributed by atoms with van der Waals surface area (Å²) < 4.78 is 5.95. The number of nitrogens with zero attached hydrogens (tertiary/aromatic N) is 2. The fourth-order valence-corrected chi connectivity index (χ4v) is 4.23. The molecular weight excluding hydrogens is 466 g/mol. The normalized spacial score (nSPS) is 15.4. The summed E-state index contributed by atoms with van der Waals surface area (Å²) in [6.07, 6.45) is 1.72. The molecule has 0 aromatic heterocycles. The highest BCUT2D eigenvalue weighted by atomic mass is 16.5. The molecule has 198 valence electrons. The smallest absolute Gasteiger partial charge is 0.307 e. The van der Waals surface area contributed by atoms with E-state index in [4.69, 9.17) is 14.8 Å². The maximum absolute atomic E-state index is 13.0. The van der Waals surface area contributed by atoms with Crippen LogP contribution in [0.1, 0.15) is 51.7 Å². The van der Waals surface area contributed by atoms with Crippen molar-refractivity contribution >= 4 is 17.6 Å². The van der Waals surface area contributed by atoms with E-state index in [-0.39, 0.29) is 18.4 Å². The molecule has 2 aromatic carbocycles. The number of anilines is 1. The monoisotopic (exact) mass is 505 g/mol. The molecular formula is C30H39N3O4. The molecule has 0 unspecified atom stereocenters. The largest absolute Gasteiger partial charge is 0.491 e. The zero-order valence-corrected chi connectivity index (χ0v) is 22.6. The van der Waals surface area contributed by atoms with Crippen molar-refractivity contribution in [2.24, 2.45) is 10.9 Å². The van der Waals surface area contributed by atoms with Crippen molar-refractivity contribution in [3.05, 3.63) is 76.3 Å². The molecule has 1 saturated heterocycles. The highest BCUT2D eigenvalue weighted by Gasteiger charge is 2.22. The van der Waals surface area contributed by atoms with Gasteiger partial charge in [0.1, 0.15) is 11.1 Å². The van der Waals surface area contributed by atoms with Crippen LogP contribution in [0.5, 0.6) is 5.75 Å². The highest BCUT2D eigenvalue weighted by molar-refractivity contribution is 5.93. The van der Waals surface area contributed by atoms with Gasteiger partial charge in [0.25, 0.3) is 0 Å². The van der Waals surface area contributed by atoms with Gasteiger partial charge in [-0.2, -0.15) is 0 Å². The number of benzene rings is 1. The molecule has 1 aliphatic heterocycles. The van der Waals surface area contributed by atoms with E-state index in [2.05, 4.69) is 30.1 Å². The standard InChI is InChI=1S/C30H39N3O4/c1-20(2)19-37-28-10-8-6-7-9-27(28)31-23(5)22(4)30(36)32-25-13-15-33(16-14-25)26-12-11-24(18-29(34)35)21(3)17-26/h6-12,17,20,25H,13-16,18-19H2,1-5H3,(H,32,36)(H,34,35)/b23-22+,31-27?. The summed E-state index contributed by atoms with van der Waals surface area (Å²) >= 11 is 0. The van der Waals surface area contributed by atoms with Crippen LogP contribution in [0.4, 0.5) is 5.69 Å². The molecule has 1 heterocycles. The Morgan fingerprint density at radius 2 is 1.81 bits per heavy atom. The average Bonchev–Trinajstić information content (AvgIpc) is 3.08. The van der Waals surface area contributed by atoms with Crippen LogP contribution in [0, 0.1) is 12.8 Å². The summed E-state index contributed by atoms with van der Waals surface area (Å²) in [7, 11) is 0. The molecule has 1 fully saturated rings. The summed E-state index contributed by atoms with van der Waals surface area (Å²) in [6.45, 7) is 12.1. The van der Waals surface area contributed by atoms with Gasteiger partial charge in [0.15, 0.2) is 0 Å². The second-order valence-electron chi connectivity index (χ2n) is 10.1. The SMILES string of the molecule is C/C(N=c1cccccc1OCC(C)C)=C(/C)C(=O)NC1CCN(c2ccc(CC(=O)O)c(C)c2)CC1. The number of allylic oxidation sites excluding steroid dienone is 1. The van der Waals surface area contributed by atoms with E-state index >= 15 is 0 Å². The Hall–Kier alpha value is -3.61. The summed E-state index contributed by atoms with van der Waals surface area (Å²) in [6, 6.07) is 15.6. The quantitative estimate of drug-likeness (QED) is 0.485. The second kappa shape index (κ2) is 13.1. The summed E-state index contributed by atoms with van der Waals surface area (Å²) in [5.74, 6) is 0.176. The number of piperidine rings is 1. The van der Waals surface area contributed by atoms with E-state index in [1.54, 1.807) is 0 Å². The minimum atomic E-state index is -0.822. The molecule has 1 amide bonds. The van der Waals surface area contributed by atoms with Gasteiger partial charge in [-0.3, -0.25) is 9.59 Å². The molecule has 7 nitrogen and oxygen atoms in total. The molecule has 0 saturated carbocycles. The lowest BCUT2D eigenvalue weighted by Crippen LogP contribution is -2.45. The van der Waals surface area contributed by atoms with Gasteiger partial charge in [0.05, 0.1) is 13.0 Å². The van der Waals surface area contributed by atoms with Crippen LogP contribution in [-0.2, 0) is 16.0 Å². The van der Waals surface area contributed by atoms with Crippen molar-refractivity contribution in [2.75, 3.05) is 24.6 Å². The van der Waals surface area contributed by atoms with Crippen LogP contribution >= 0.6 is 0 Å². The lowest BCUT2D eigenvalue weighted by atomic mass is 10.0. The predicted molar refractivity (Wildman–Crippen MR) is 147 cm³/mol. The van der Waals surface area contributed by atoms with Gasteiger partial charge < -0.3 is 20.1 Å². The maximum Gasteiger partial charge on any atom is 0.307 e. The molecule has 2 aromatic rings. The van der Waals surface area contributed by atoms with Crippen molar-refractivity contribution in [3.8, 4) is 5.75 Å². The number of aliphatic carboxylic acids is 1. The van der Waals surface area contributed by atoms with E-state index < -0.39 is 5.97 Å². The maximum atomic E-state index is 13.0. The van der Waals surface area contributed by atoms with Crippen molar-refractivity contribution in [1.82, 2.24) is 5.32 Å². The van der Waals surface area contributed by atoms with Gasteiger partial charge in [-0.25, -0.2) is 4.99 Å². The number of aryl methyl sites for hydroxylation is 1. The first kappa shape index (κ1) is 28.0.